The average molecular weight is 561 g/mol. The Kier molecular flexibility index (Phi) is 17.5. The summed E-state index contributed by atoms with van der Waals surface area (Å²) in [5.74, 6) is 3.03. The molecular weight excluding hydrogens is 500 g/mol. The van der Waals surface area contributed by atoms with Crippen LogP contribution in [0.3, 0.4) is 0 Å². The van der Waals surface area contributed by atoms with Crippen LogP contribution in [0.1, 0.15) is 136 Å². The second kappa shape index (κ2) is 20.3. The molecule has 0 aromatic rings. The van der Waals surface area contributed by atoms with Gasteiger partial charge in [0.15, 0.2) is 0 Å². The van der Waals surface area contributed by atoms with Gasteiger partial charge in [-0.05, 0) is 55.8 Å². The van der Waals surface area contributed by atoms with Gasteiger partial charge in [0.05, 0.1) is 25.4 Å². The number of ether oxygens (including phenoxy) is 2. The zero-order valence-corrected chi connectivity index (χ0v) is 25.9. The molecule has 0 aromatic heterocycles. The molecule has 230 valence electrons. The molecule has 0 aliphatic heterocycles. The molecule has 0 spiro atoms. The molecule has 0 radical (unpaired) electrons. The van der Waals surface area contributed by atoms with Gasteiger partial charge in [-0.15, -0.1) is 0 Å². The number of rotatable bonds is 20. The molecule has 1 N–H and O–H groups in total. The summed E-state index contributed by atoms with van der Waals surface area (Å²) in [6, 6.07) is 0. The number of carbonyl (C=O) groups excluding carboxylic acids is 2. The van der Waals surface area contributed by atoms with Gasteiger partial charge < -0.3 is 14.6 Å². The highest BCUT2D eigenvalue weighted by molar-refractivity contribution is 5.88. The number of carbonyl (C=O) groups is 2. The predicted molar refractivity (Wildman–Crippen MR) is 164 cm³/mol. The van der Waals surface area contributed by atoms with E-state index in [1.54, 1.807) is 6.92 Å². The molecule has 2 saturated carbocycles. The number of unbranched alkanes of at least 4 members (excludes halogenated alkanes) is 3. The first-order chi connectivity index (χ1) is 19.3. The quantitative estimate of drug-likeness (QED) is 0.0915. The molecule has 1 atom stereocenters. The van der Waals surface area contributed by atoms with Crippen LogP contribution in [0.5, 0.6) is 0 Å². The van der Waals surface area contributed by atoms with Crippen LogP contribution in [0.4, 0.5) is 0 Å². The Balaban J connectivity index is 1.63. The van der Waals surface area contributed by atoms with Crippen LogP contribution < -0.4 is 0 Å². The van der Waals surface area contributed by atoms with E-state index in [1.807, 2.05) is 0 Å². The second-order valence-electron chi connectivity index (χ2n) is 13.0. The van der Waals surface area contributed by atoms with Crippen molar-refractivity contribution in [2.75, 3.05) is 19.8 Å². The van der Waals surface area contributed by atoms with Gasteiger partial charge in [-0.25, -0.2) is 9.59 Å². The van der Waals surface area contributed by atoms with E-state index in [4.69, 9.17) is 14.6 Å². The maximum atomic E-state index is 11.9. The number of aliphatic hydroxyl groups is 1. The Labute approximate surface area is 245 Å². The van der Waals surface area contributed by atoms with E-state index in [0.29, 0.717) is 30.6 Å². The number of hydrogen-bond acceptors (Lipinski definition) is 5. The van der Waals surface area contributed by atoms with E-state index >= 15 is 0 Å². The van der Waals surface area contributed by atoms with E-state index in [9.17, 15) is 9.59 Å². The first kappa shape index (κ1) is 34.6. The maximum Gasteiger partial charge on any atom is 0.335 e. The first-order valence-electron chi connectivity index (χ1n) is 16.6. The third-order valence-electron chi connectivity index (χ3n) is 9.64. The molecule has 2 fully saturated rings. The van der Waals surface area contributed by atoms with Crippen molar-refractivity contribution < 1.29 is 24.2 Å². The van der Waals surface area contributed by atoms with Gasteiger partial charge in [0.2, 0.25) is 0 Å². The van der Waals surface area contributed by atoms with E-state index in [0.717, 1.165) is 37.0 Å². The Bertz CT molecular complexity index is 743. The van der Waals surface area contributed by atoms with Crippen molar-refractivity contribution in [1.82, 2.24) is 0 Å². The van der Waals surface area contributed by atoms with Gasteiger partial charge in [0, 0.05) is 5.57 Å². The minimum Gasteiger partial charge on any atom is -0.462 e. The van der Waals surface area contributed by atoms with Crippen LogP contribution in [-0.4, -0.2) is 36.9 Å². The summed E-state index contributed by atoms with van der Waals surface area (Å²) in [7, 11) is 0. The Morgan fingerprint density at radius 3 is 1.57 bits per heavy atom. The van der Waals surface area contributed by atoms with Crippen molar-refractivity contribution in [3.8, 4) is 0 Å². The Morgan fingerprint density at radius 2 is 1.15 bits per heavy atom. The van der Waals surface area contributed by atoms with Crippen molar-refractivity contribution in [2.24, 2.45) is 29.6 Å². The zero-order valence-electron chi connectivity index (χ0n) is 25.9. The third kappa shape index (κ3) is 14.3. The molecule has 0 saturated heterocycles. The lowest BCUT2D eigenvalue weighted by Gasteiger charge is -2.31. The summed E-state index contributed by atoms with van der Waals surface area (Å²) in [5.41, 5.74) is 0.493. The monoisotopic (exact) mass is 560 g/mol. The van der Waals surface area contributed by atoms with Gasteiger partial charge in [-0.1, -0.05) is 123 Å². The third-order valence-corrected chi connectivity index (χ3v) is 9.64. The molecule has 40 heavy (non-hydrogen) atoms. The molecule has 0 aromatic carbocycles. The lowest BCUT2D eigenvalue weighted by atomic mass is 9.75. The molecule has 5 nitrogen and oxygen atoms in total. The summed E-state index contributed by atoms with van der Waals surface area (Å²) in [6.07, 6.45) is 25.0. The molecule has 1 unspecified atom stereocenters. The lowest BCUT2D eigenvalue weighted by molar-refractivity contribution is -0.139. The fourth-order valence-electron chi connectivity index (χ4n) is 6.89. The summed E-state index contributed by atoms with van der Waals surface area (Å²) in [6.45, 7) is 11.4. The van der Waals surface area contributed by atoms with Crippen molar-refractivity contribution in [2.45, 2.75) is 136 Å². The topological polar surface area (TPSA) is 72.8 Å². The van der Waals surface area contributed by atoms with E-state index < -0.39 is 5.97 Å². The lowest BCUT2D eigenvalue weighted by Crippen LogP contribution is -2.21. The van der Waals surface area contributed by atoms with Crippen molar-refractivity contribution in [1.29, 1.82) is 0 Å². The fraction of sp³-hybridized carbons (Fsp3) is 0.829. The van der Waals surface area contributed by atoms with Crippen LogP contribution in [-0.2, 0) is 19.1 Å². The SMILES string of the molecule is C=C(C)C(=O)OCCC(CCOC(=O)C(=C)CO)CC1CCC(CCCCC2CCC(CCCCC)CC2)CC1. The molecule has 0 amide bonds. The van der Waals surface area contributed by atoms with Crippen LogP contribution in [0.2, 0.25) is 0 Å². The maximum absolute atomic E-state index is 11.9. The zero-order chi connectivity index (χ0) is 29.2. The minimum absolute atomic E-state index is 0.0791. The number of hydrogen-bond donors (Lipinski definition) is 1. The molecule has 5 heteroatoms. The largest absolute Gasteiger partial charge is 0.462 e. The van der Waals surface area contributed by atoms with E-state index in [1.165, 1.54) is 103 Å². The number of esters is 2. The predicted octanol–water partition coefficient (Wildman–Crippen LogP) is 8.74. The summed E-state index contributed by atoms with van der Waals surface area (Å²) >= 11 is 0. The Hall–Kier alpha value is -1.62. The molecular formula is C35H60O5. The molecule has 0 bridgehead atoms. The van der Waals surface area contributed by atoms with Gasteiger partial charge in [-0.2, -0.15) is 0 Å². The van der Waals surface area contributed by atoms with Crippen LogP contribution in [0, 0.1) is 29.6 Å². The normalized spacial score (nSPS) is 23.8. The van der Waals surface area contributed by atoms with Gasteiger partial charge >= 0.3 is 11.9 Å². The van der Waals surface area contributed by atoms with E-state index in [2.05, 4.69) is 20.1 Å². The van der Waals surface area contributed by atoms with Gasteiger partial charge in [-0.3, -0.25) is 0 Å². The van der Waals surface area contributed by atoms with Crippen molar-refractivity contribution >= 4 is 11.9 Å². The summed E-state index contributed by atoms with van der Waals surface area (Å²) in [4.78, 5) is 23.6. The second-order valence-corrected chi connectivity index (χ2v) is 13.0. The average Bonchev–Trinajstić information content (AvgIpc) is 2.96. The highest BCUT2D eigenvalue weighted by atomic mass is 16.5. The molecule has 0 heterocycles. The fourth-order valence-corrected chi connectivity index (χ4v) is 6.89. The number of aliphatic hydroxyl groups excluding tert-OH is 1. The molecule has 2 aliphatic carbocycles. The van der Waals surface area contributed by atoms with E-state index in [-0.39, 0.29) is 18.1 Å². The summed E-state index contributed by atoms with van der Waals surface area (Å²) in [5, 5.41) is 9.08. The van der Waals surface area contributed by atoms with Crippen LogP contribution >= 0.6 is 0 Å². The van der Waals surface area contributed by atoms with Crippen LogP contribution in [0.25, 0.3) is 0 Å². The standard InChI is InChI=1S/C35H60O5/c1-5-6-7-10-29-13-15-30(16-14-29)11-8-9-12-31-17-19-32(20-18-31)25-33(21-23-39-34(37)27(2)3)22-24-40-35(38)28(4)26-36/h29-33,36H,2,4-26H2,1,3H3. The first-order valence-corrected chi connectivity index (χ1v) is 16.6. The molecule has 2 aliphatic rings. The minimum atomic E-state index is -0.537. The van der Waals surface area contributed by atoms with Gasteiger partial charge in [0.1, 0.15) is 0 Å². The highest BCUT2D eigenvalue weighted by Gasteiger charge is 2.25. The smallest absolute Gasteiger partial charge is 0.335 e. The summed E-state index contributed by atoms with van der Waals surface area (Å²) < 4.78 is 10.7. The van der Waals surface area contributed by atoms with Crippen molar-refractivity contribution in [3.63, 3.8) is 0 Å². The molecule has 2 rings (SSSR count). The van der Waals surface area contributed by atoms with Crippen molar-refractivity contribution in [3.05, 3.63) is 24.3 Å². The Morgan fingerprint density at radius 1 is 0.725 bits per heavy atom. The van der Waals surface area contributed by atoms with Crippen LogP contribution in [0.15, 0.2) is 24.3 Å². The van der Waals surface area contributed by atoms with Gasteiger partial charge in [0.25, 0.3) is 0 Å². The highest BCUT2D eigenvalue weighted by Crippen LogP contribution is 2.38.